The predicted octanol–water partition coefficient (Wildman–Crippen LogP) is 4.03. The Bertz CT molecular complexity index is 1390. The van der Waals surface area contributed by atoms with E-state index in [1.165, 1.54) is 32.4 Å². The number of aromatic nitrogens is 2. The van der Waals surface area contributed by atoms with Crippen molar-refractivity contribution in [1.82, 2.24) is 14.7 Å². The van der Waals surface area contributed by atoms with Crippen LogP contribution in [0, 0.1) is 5.92 Å². The summed E-state index contributed by atoms with van der Waals surface area (Å²) in [4.78, 5) is 23.8. The fraction of sp³-hybridized carbons (Fsp3) is 0.346. The summed E-state index contributed by atoms with van der Waals surface area (Å²) in [5.74, 6) is 1.03. The summed E-state index contributed by atoms with van der Waals surface area (Å²) in [5, 5.41) is -0.382. The molecule has 0 aliphatic carbocycles. The van der Waals surface area contributed by atoms with E-state index in [0.29, 0.717) is 29.8 Å². The zero-order valence-corrected chi connectivity index (χ0v) is 22.2. The largest absolute Gasteiger partial charge is 0.493 e. The molecule has 1 N–H and O–H groups in total. The Labute approximate surface area is 216 Å². The van der Waals surface area contributed by atoms with Crippen molar-refractivity contribution in [2.75, 3.05) is 25.7 Å². The summed E-state index contributed by atoms with van der Waals surface area (Å²) < 4.78 is 44.9. The predicted molar refractivity (Wildman–Crippen MR) is 138 cm³/mol. The number of sulfonamides is 1. The van der Waals surface area contributed by atoms with Crippen molar-refractivity contribution in [3.63, 3.8) is 0 Å². The van der Waals surface area contributed by atoms with Crippen LogP contribution in [-0.4, -0.2) is 50.6 Å². The van der Waals surface area contributed by atoms with E-state index in [9.17, 15) is 13.2 Å². The zero-order valence-electron chi connectivity index (χ0n) is 21.4. The Kier molecular flexibility index (Phi) is 7.26. The number of nitrogens with zero attached hydrogens (tertiary/aromatic N) is 3. The Morgan fingerprint density at radius 1 is 1.05 bits per heavy atom. The van der Waals surface area contributed by atoms with E-state index in [4.69, 9.17) is 14.2 Å². The van der Waals surface area contributed by atoms with E-state index >= 15 is 0 Å². The van der Waals surface area contributed by atoms with Crippen LogP contribution in [0.5, 0.6) is 23.1 Å². The van der Waals surface area contributed by atoms with E-state index in [2.05, 4.69) is 35.5 Å². The lowest BCUT2D eigenvalue weighted by atomic mass is 9.97. The molecule has 1 aromatic carbocycles. The molecule has 1 atom stereocenters. The van der Waals surface area contributed by atoms with Crippen molar-refractivity contribution in [2.24, 2.45) is 5.92 Å². The summed E-state index contributed by atoms with van der Waals surface area (Å²) in [6.07, 6.45) is 2.52. The highest BCUT2D eigenvalue weighted by Crippen LogP contribution is 2.40. The lowest BCUT2D eigenvalue weighted by Crippen LogP contribution is -2.41. The van der Waals surface area contributed by atoms with Gasteiger partial charge in [-0.1, -0.05) is 19.1 Å². The Balaban J connectivity index is 1.60. The molecule has 1 saturated heterocycles. The number of hydrogen-bond acceptors (Lipinski definition) is 9. The van der Waals surface area contributed by atoms with E-state index < -0.39 is 15.9 Å². The molecule has 1 unspecified atom stereocenters. The molecular formula is C26H30N4O6S. The first-order valence-electron chi connectivity index (χ1n) is 11.7. The summed E-state index contributed by atoms with van der Waals surface area (Å²) in [6.45, 7) is 7.01. The van der Waals surface area contributed by atoms with Crippen molar-refractivity contribution in [3.8, 4) is 23.1 Å². The van der Waals surface area contributed by atoms with E-state index in [1.54, 1.807) is 36.5 Å². The van der Waals surface area contributed by atoms with Gasteiger partial charge in [0, 0.05) is 24.3 Å². The number of anilines is 1. The Morgan fingerprint density at radius 2 is 1.73 bits per heavy atom. The van der Waals surface area contributed by atoms with Crippen LogP contribution in [0.2, 0.25) is 0 Å². The van der Waals surface area contributed by atoms with Gasteiger partial charge in [0.1, 0.15) is 5.82 Å². The van der Waals surface area contributed by atoms with E-state index in [0.717, 1.165) is 6.42 Å². The molecule has 11 heteroatoms. The van der Waals surface area contributed by atoms with Gasteiger partial charge in [-0.2, -0.15) is 13.4 Å². The first-order valence-corrected chi connectivity index (χ1v) is 13.2. The molecule has 0 spiro atoms. The minimum atomic E-state index is -4.33. The van der Waals surface area contributed by atoms with Gasteiger partial charge in [0.2, 0.25) is 11.6 Å². The molecular weight excluding hydrogens is 496 g/mol. The second kappa shape index (κ2) is 10.3. The molecule has 3 aromatic rings. The third kappa shape index (κ3) is 5.46. The van der Waals surface area contributed by atoms with Gasteiger partial charge in [-0.25, -0.2) is 9.71 Å². The second-order valence-corrected chi connectivity index (χ2v) is 11.1. The van der Waals surface area contributed by atoms with Crippen LogP contribution in [-0.2, 0) is 10.0 Å². The number of nitrogens with one attached hydrogen (secondary N) is 1. The van der Waals surface area contributed by atoms with Crippen LogP contribution in [0.1, 0.15) is 37.6 Å². The van der Waals surface area contributed by atoms with Crippen LogP contribution in [0.25, 0.3) is 0 Å². The van der Waals surface area contributed by atoms with Gasteiger partial charge < -0.3 is 19.1 Å². The molecule has 37 heavy (non-hydrogen) atoms. The number of benzene rings is 1. The van der Waals surface area contributed by atoms with Crippen LogP contribution >= 0.6 is 0 Å². The molecule has 1 aliphatic heterocycles. The van der Waals surface area contributed by atoms with Gasteiger partial charge in [-0.15, -0.1) is 0 Å². The van der Waals surface area contributed by atoms with Crippen molar-refractivity contribution in [2.45, 2.75) is 37.8 Å². The van der Waals surface area contributed by atoms with Gasteiger partial charge in [-0.05, 0) is 56.5 Å². The van der Waals surface area contributed by atoms with Crippen LogP contribution in [0.4, 0.5) is 5.82 Å². The summed E-state index contributed by atoms with van der Waals surface area (Å²) in [5.41, 5.74) is -0.0616. The first kappa shape index (κ1) is 26.2. The fourth-order valence-corrected chi connectivity index (χ4v) is 5.53. The quantitative estimate of drug-likeness (QED) is 0.464. The summed E-state index contributed by atoms with van der Waals surface area (Å²) in [7, 11) is -1.38. The van der Waals surface area contributed by atoms with Crippen molar-refractivity contribution < 1.29 is 27.4 Å². The SMILES string of the molecule is COc1cccc(OC)c1Oc1cccc(S(=O)(=O)NC(=O)c2cccnc2N2CC(C)CC2(C)C)n1. The lowest BCUT2D eigenvalue weighted by Gasteiger charge is -2.33. The average molecular weight is 527 g/mol. The molecule has 1 aliphatic rings. The number of ether oxygens (including phenoxy) is 3. The number of amides is 1. The van der Waals surface area contributed by atoms with Gasteiger partial charge in [0.25, 0.3) is 15.9 Å². The van der Waals surface area contributed by atoms with Crippen LogP contribution in [0.3, 0.4) is 0 Å². The molecule has 1 amide bonds. The van der Waals surface area contributed by atoms with Crippen LogP contribution in [0.15, 0.2) is 59.8 Å². The van der Waals surface area contributed by atoms with Crippen LogP contribution < -0.4 is 23.8 Å². The lowest BCUT2D eigenvalue weighted by molar-refractivity contribution is 0.0981. The number of methoxy groups -OCH3 is 2. The first-order chi connectivity index (χ1) is 17.6. The number of hydrogen-bond donors (Lipinski definition) is 1. The zero-order chi connectivity index (χ0) is 26.8. The average Bonchev–Trinajstić information content (AvgIpc) is 3.15. The molecule has 196 valence electrons. The third-order valence-corrected chi connectivity index (χ3v) is 7.38. The number of pyridine rings is 2. The molecule has 1 fully saturated rings. The molecule has 4 rings (SSSR count). The minimum absolute atomic E-state index is 0.0204. The van der Waals surface area contributed by atoms with Gasteiger partial charge in [0.15, 0.2) is 16.5 Å². The van der Waals surface area contributed by atoms with Gasteiger partial charge in [-0.3, -0.25) is 4.79 Å². The molecule has 2 aromatic heterocycles. The van der Waals surface area contributed by atoms with Crippen molar-refractivity contribution >= 4 is 21.7 Å². The maximum Gasteiger partial charge on any atom is 0.281 e. The minimum Gasteiger partial charge on any atom is -0.493 e. The number of carbonyl (C=O) groups excluding carboxylic acids is 1. The van der Waals surface area contributed by atoms with Crippen molar-refractivity contribution in [1.29, 1.82) is 0 Å². The summed E-state index contributed by atoms with van der Waals surface area (Å²) in [6, 6.07) is 12.5. The highest BCUT2D eigenvalue weighted by Gasteiger charge is 2.39. The normalized spacial score (nSPS) is 16.8. The number of rotatable bonds is 8. The molecule has 0 saturated carbocycles. The second-order valence-electron chi connectivity index (χ2n) is 9.45. The maximum atomic E-state index is 13.2. The number of carbonyl (C=O) groups is 1. The summed E-state index contributed by atoms with van der Waals surface area (Å²) >= 11 is 0. The maximum absolute atomic E-state index is 13.2. The van der Waals surface area contributed by atoms with E-state index in [-0.39, 0.29) is 27.8 Å². The number of para-hydroxylation sites is 1. The molecule has 0 bridgehead atoms. The third-order valence-electron chi connectivity index (χ3n) is 6.15. The molecule has 3 heterocycles. The molecule has 0 radical (unpaired) electrons. The Hall–Kier alpha value is -3.86. The highest BCUT2D eigenvalue weighted by atomic mass is 32.2. The van der Waals surface area contributed by atoms with Gasteiger partial charge >= 0.3 is 0 Å². The topological polar surface area (TPSA) is 120 Å². The van der Waals surface area contributed by atoms with Crippen molar-refractivity contribution in [3.05, 3.63) is 60.3 Å². The van der Waals surface area contributed by atoms with Gasteiger partial charge in [0.05, 0.1) is 19.8 Å². The fourth-order valence-electron chi connectivity index (χ4n) is 4.60. The Morgan fingerprint density at radius 3 is 2.35 bits per heavy atom. The van der Waals surface area contributed by atoms with E-state index in [1.807, 2.05) is 4.90 Å². The smallest absolute Gasteiger partial charge is 0.281 e. The standard InChI is InChI=1S/C26H30N4O6S/c1-17-15-26(2,3)30(16-17)24-18(9-8-14-27-24)25(31)29-37(32,33)22-13-7-12-21(28-22)36-23-19(34-4)10-6-11-20(23)35-5/h6-14,17H,15-16H2,1-5H3,(H,29,31). The highest BCUT2D eigenvalue weighted by molar-refractivity contribution is 7.90. The molecule has 10 nitrogen and oxygen atoms in total. The monoisotopic (exact) mass is 526 g/mol.